The van der Waals surface area contributed by atoms with Crippen molar-refractivity contribution in [3.63, 3.8) is 0 Å². The first-order chi connectivity index (χ1) is 10.2. The molecule has 22 heavy (non-hydrogen) atoms. The fourth-order valence-corrected chi connectivity index (χ4v) is 3.13. The largest absolute Gasteiger partial charge is 0.744 e. The van der Waals surface area contributed by atoms with Gasteiger partial charge in [0.2, 0.25) is 0 Å². The van der Waals surface area contributed by atoms with Crippen LogP contribution >= 0.6 is 0 Å². The summed E-state index contributed by atoms with van der Waals surface area (Å²) in [5, 5.41) is 0. The van der Waals surface area contributed by atoms with E-state index < -0.39 is 10.1 Å². The zero-order valence-corrected chi connectivity index (χ0v) is 15.4. The highest BCUT2D eigenvalue weighted by atomic mass is 32.2. The number of hydrogen-bond donors (Lipinski definition) is 0. The van der Waals surface area contributed by atoms with E-state index in [1.54, 1.807) is 12.1 Å². The van der Waals surface area contributed by atoms with E-state index in [2.05, 4.69) is 27.8 Å². The van der Waals surface area contributed by atoms with Gasteiger partial charge in [0.05, 0.1) is 31.6 Å². The Bertz CT molecular complexity index is 492. The molecule has 1 aromatic rings. The predicted octanol–water partition coefficient (Wildman–Crippen LogP) is 3.56. The summed E-state index contributed by atoms with van der Waals surface area (Å²) < 4.78 is 32.4. The molecule has 0 aliphatic carbocycles. The molecule has 0 atom stereocenters. The van der Waals surface area contributed by atoms with Crippen LogP contribution in [0, 0.1) is 6.92 Å². The number of nitrogens with zero attached hydrogens (tertiary/aromatic N) is 1. The average molecular weight is 330 g/mol. The molecule has 4 nitrogen and oxygen atoms in total. The maximum absolute atomic E-state index is 10.4. The van der Waals surface area contributed by atoms with Crippen molar-refractivity contribution in [2.45, 2.75) is 51.9 Å². The lowest BCUT2D eigenvalue weighted by Gasteiger charge is -2.33. The lowest BCUT2D eigenvalue weighted by molar-refractivity contribution is -0.909. The van der Waals surface area contributed by atoms with Gasteiger partial charge in [-0.05, 0) is 38.3 Å². The minimum absolute atomic E-state index is 0.178. The summed E-state index contributed by atoms with van der Waals surface area (Å²) in [6.45, 7) is 12.7. The second kappa shape index (κ2) is 9.98. The van der Waals surface area contributed by atoms with Crippen LogP contribution in [0.3, 0.4) is 0 Å². The van der Waals surface area contributed by atoms with E-state index in [9.17, 15) is 13.0 Å². The monoisotopic (exact) mass is 329 g/mol. The molecule has 0 amide bonds. The Kier molecular flexibility index (Phi) is 9.56. The molecule has 0 N–H and O–H groups in total. The van der Waals surface area contributed by atoms with E-state index in [1.807, 2.05) is 6.92 Å². The van der Waals surface area contributed by atoms with Gasteiger partial charge in [-0.1, -0.05) is 38.5 Å². The standard InChI is InChI=1S/C10H24N.C7H8O3S/c1-5-8-11(4,9-6-2)10-7-3;1-6-2-4-7(5-3-6)11(8,9)10/h5-10H2,1-4H3;2-5H,1H3,(H,8,9,10)/q+1;/p-1. The Morgan fingerprint density at radius 3 is 1.55 bits per heavy atom. The van der Waals surface area contributed by atoms with Crippen molar-refractivity contribution in [3.05, 3.63) is 29.8 Å². The normalized spacial score (nSPS) is 11.7. The molecule has 0 aliphatic heterocycles. The third kappa shape index (κ3) is 8.51. The molecule has 1 aromatic carbocycles. The van der Waals surface area contributed by atoms with Gasteiger partial charge in [0, 0.05) is 0 Å². The van der Waals surface area contributed by atoms with Gasteiger partial charge in [-0.3, -0.25) is 0 Å². The number of aryl methyl sites for hydroxylation is 1. The quantitative estimate of drug-likeness (QED) is 0.567. The smallest absolute Gasteiger partial charge is 0.124 e. The number of rotatable bonds is 7. The van der Waals surface area contributed by atoms with Gasteiger partial charge in [-0.2, -0.15) is 0 Å². The van der Waals surface area contributed by atoms with Crippen molar-refractivity contribution in [1.29, 1.82) is 0 Å². The van der Waals surface area contributed by atoms with Crippen molar-refractivity contribution >= 4 is 10.1 Å². The highest BCUT2D eigenvalue weighted by molar-refractivity contribution is 7.85. The first kappa shape index (κ1) is 21.1. The van der Waals surface area contributed by atoms with E-state index in [4.69, 9.17) is 0 Å². The SMILES string of the molecule is CCC[N+](C)(CCC)CCC.Cc1ccc(S(=O)(=O)[O-])cc1. The molecular weight excluding hydrogens is 298 g/mol. The molecule has 0 saturated heterocycles. The molecule has 0 heterocycles. The molecule has 0 aliphatic rings. The van der Waals surface area contributed by atoms with Crippen LogP contribution in [0.15, 0.2) is 29.2 Å². The van der Waals surface area contributed by atoms with Crippen molar-refractivity contribution in [2.75, 3.05) is 26.7 Å². The van der Waals surface area contributed by atoms with Crippen LogP contribution in [-0.4, -0.2) is 44.1 Å². The van der Waals surface area contributed by atoms with Gasteiger partial charge in [0.25, 0.3) is 0 Å². The molecule has 0 aromatic heterocycles. The molecule has 0 spiro atoms. The number of hydrogen-bond acceptors (Lipinski definition) is 3. The Hall–Kier alpha value is -0.910. The van der Waals surface area contributed by atoms with Crippen LogP contribution < -0.4 is 0 Å². The minimum atomic E-state index is -4.27. The molecule has 128 valence electrons. The second-order valence-corrected chi connectivity index (χ2v) is 7.44. The maximum atomic E-state index is 10.4. The fourth-order valence-electron chi connectivity index (χ4n) is 2.66. The van der Waals surface area contributed by atoms with Gasteiger partial charge < -0.3 is 9.04 Å². The average Bonchev–Trinajstić information content (AvgIpc) is 2.39. The molecule has 0 radical (unpaired) electrons. The first-order valence-corrected chi connectivity index (χ1v) is 9.45. The van der Waals surface area contributed by atoms with E-state index in [0.717, 1.165) is 5.56 Å². The van der Waals surface area contributed by atoms with Crippen LogP contribution in [0.5, 0.6) is 0 Å². The molecule has 0 fully saturated rings. The minimum Gasteiger partial charge on any atom is -0.744 e. The van der Waals surface area contributed by atoms with Crippen LogP contribution in [0.25, 0.3) is 0 Å². The van der Waals surface area contributed by atoms with Crippen molar-refractivity contribution in [3.8, 4) is 0 Å². The van der Waals surface area contributed by atoms with Crippen molar-refractivity contribution in [1.82, 2.24) is 0 Å². The summed E-state index contributed by atoms with van der Waals surface area (Å²) >= 11 is 0. The molecule has 0 unspecified atom stereocenters. The molecule has 1 rings (SSSR count). The van der Waals surface area contributed by atoms with Gasteiger partial charge in [0.15, 0.2) is 0 Å². The van der Waals surface area contributed by atoms with Gasteiger partial charge in [-0.25, -0.2) is 8.42 Å². The summed E-state index contributed by atoms with van der Waals surface area (Å²) in [6, 6.07) is 5.78. The second-order valence-electron chi connectivity index (χ2n) is 6.06. The molecular formula is C17H31NO3S. The van der Waals surface area contributed by atoms with Crippen LogP contribution in [0.1, 0.15) is 45.6 Å². The molecule has 0 saturated carbocycles. The van der Waals surface area contributed by atoms with Gasteiger partial charge in [-0.15, -0.1) is 0 Å². The van der Waals surface area contributed by atoms with Gasteiger partial charge >= 0.3 is 0 Å². The van der Waals surface area contributed by atoms with Crippen molar-refractivity contribution < 1.29 is 17.5 Å². The Labute approximate surface area is 136 Å². The molecule has 5 heteroatoms. The third-order valence-corrected chi connectivity index (χ3v) is 4.45. The number of quaternary nitrogens is 1. The fraction of sp³-hybridized carbons (Fsp3) is 0.647. The Morgan fingerprint density at radius 1 is 0.909 bits per heavy atom. The zero-order chi connectivity index (χ0) is 17.2. The highest BCUT2D eigenvalue weighted by Crippen LogP contribution is 2.08. The maximum Gasteiger partial charge on any atom is 0.124 e. The predicted molar refractivity (Wildman–Crippen MR) is 90.8 cm³/mol. The summed E-state index contributed by atoms with van der Waals surface area (Å²) in [6.07, 6.45) is 3.95. The Balaban J connectivity index is 0.000000401. The topological polar surface area (TPSA) is 57.2 Å². The third-order valence-electron chi connectivity index (χ3n) is 3.60. The van der Waals surface area contributed by atoms with E-state index in [1.165, 1.54) is 55.5 Å². The highest BCUT2D eigenvalue weighted by Gasteiger charge is 2.16. The summed E-state index contributed by atoms with van der Waals surface area (Å²) in [4.78, 5) is -0.178. The summed E-state index contributed by atoms with van der Waals surface area (Å²) in [5.41, 5.74) is 0.928. The molecule has 0 bridgehead atoms. The van der Waals surface area contributed by atoms with Gasteiger partial charge in [0.1, 0.15) is 10.1 Å². The first-order valence-electron chi connectivity index (χ1n) is 8.04. The van der Waals surface area contributed by atoms with Crippen LogP contribution in [-0.2, 0) is 10.1 Å². The van der Waals surface area contributed by atoms with Crippen molar-refractivity contribution in [2.24, 2.45) is 0 Å². The summed E-state index contributed by atoms with van der Waals surface area (Å²) in [7, 11) is -1.88. The lowest BCUT2D eigenvalue weighted by atomic mass is 10.2. The summed E-state index contributed by atoms with van der Waals surface area (Å²) in [5.74, 6) is 0. The van der Waals surface area contributed by atoms with E-state index in [0.29, 0.717) is 0 Å². The van der Waals surface area contributed by atoms with E-state index >= 15 is 0 Å². The zero-order valence-electron chi connectivity index (χ0n) is 14.6. The Morgan fingerprint density at radius 2 is 1.27 bits per heavy atom. The lowest BCUT2D eigenvalue weighted by Crippen LogP contribution is -2.45. The number of benzene rings is 1. The van der Waals surface area contributed by atoms with E-state index in [-0.39, 0.29) is 4.90 Å². The van der Waals surface area contributed by atoms with Crippen LogP contribution in [0.4, 0.5) is 0 Å². The van der Waals surface area contributed by atoms with Crippen LogP contribution in [0.2, 0.25) is 0 Å².